The maximum absolute atomic E-state index is 14.2. The number of nitrogens with zero attached hydrogens (tertiary/aromatic N) is 2. The van der Waals surface area contributed by atoms with Crippen LogP contribution in [0.1, 0.15) is 76.5 Å². The Bertz CT molecular complexity index is 1730. The molecule has 0 unspecified atom stereocenters. The van der Waals surface area contributed by atoms with Gasteiger partial charge < -0.3 is 34.0 Å². The van der Waals surface area contributed by atoms with Crippen LogP contribution < -0.4 is 15.4 Å². The third kappa shape index (κ3) is 13.3. The predicted octanol–water partition coefficient (Wildman–Crippen LogP) is 8.70. The molecule has 4 rings (SSSR count). The van der Waals surface area contributed by atoms with Crippen molar-refractivity contribution >= 4 is 36.6 Å². The summed E-state index contributed by atoms with van der Waals surface area (Å²) in [5.74, 6) is 0.242. The van der Waals surface area contributed by atoms with Gasteiger partial charge in [0, 0.05) is 38.6 Å². The molecule has 1 amide bonds. The second-order valence-corrected chi connectivity index (χ2v) is 24.5. The lowest BCUT2D eigenvalue weighted by Crippen LogP contribution is -2.51. The minimum Gasteiger partial charge on any atom is -0.598 e. The lowest BCUT2D eigenvalue weighted by molar-refractivity contribution is -0.265. The van der Waals surface area contributed by atoms with E-state index in [1.807, 2.05) is 5.32 Å². The molecule has 0 aliphatic heterocycles. The molecule has 1 aliphatic rings. The number of alkyl carbamates (subject to hydrolysis) is 1. The number of amides is 1. The first kappa shape index (κ1) is 45.8. The number of halogens is 6. The van der Waals surface area contributed by atoms with Crippen molar-refractivity contribution in [3.05, 3.63) is 65.5 Å². The first-order chi connectivity index (χ1) is 25.9. The van der Waals surface area contributed by atoms with Crippen LogP contribution in [0.25, 0.3) is 11.0 Å². The number of hydrogen-bond acceptors (Lipinski definition) is 8. The van der Waals surface area contributed by atoms with Gasteiger partial charge >= 0.3 is 18.4 Å². The highest BCUT2D eigenvalue weighted by Gasteiger charge is 2.49. The number of rotatable bonds is 19. The van der Waals surface area contributed by atoms with E-state index >= 15 is 0 Å². The molecule has 1 aromatic heterocycles. The molecule has 10 nitrogen and oxygen atoms in total. The van der Waals surface area contributed by atoms with Crippen molar-refractivity contribution in [2.24, 2.45) is 5.92 Å². The van der Waals surface area contributed by atoms with E-state index in [0.717, 1.165) is 32.7 Å². The zero-order valence-corrected chi connectivity index (χ0v) is 35.0. The van der Waals surface area contributed by atoms with E-state index in [2.05, 4.69) is 29.7 Å². The summed E-state index contributed by atoms with van der Waals surface area (Å²) in [6, 6.07) is 10.8. The minimum absolute atomic E-state index is 0.0116. The van der Waals surface area contributed by atoms with Crippen LogP contribution in [0.4, 0.5) is 31.1 Å². The Kier molecular flexibility index (Phi) is 15.0. The van der Waals surface area contributed by atoms with Crippen LogP contribution >= 0.6 is 0 Å². The molecule has 3 N–H and O–H groups in total. The van der Waals surface area contributed by atoms with Crippen molar-refractivity contribution in [2.45, 2.75) is 127 Å². The van der Waals surface area contributed by atoms with Gasteiger partial charge in [-0.2, -0.15) is 26.3 Å². The number of carbonyl (C=O) groups is 1. The topological polar surface area (TPSA) is 122 Å². The third-order valence-electron chi connectivity index (χ3n) is 9.32. The number of imidazole rings is 1. The van der Waals surface area contributed by atoms with Crippen LogP contribution in [0.15, 0.2) is 48.5 Å². The first-order valence-electron chi connectivity index (χ1n) is 18.6. The van der Waals surface area contributed by atoms with Crippen molar-refractivity contribution < 1.29 is 49.9 Å². The van der Waals surface area contributed by atoms with E-state index in [4.69, 9.17) is 19.2 Å². The molecule has 0 saturated heterocycles. The van der Waals surface area contributed by atoms with E-state index in [1.165, 1.54) is 0 Å². The highest BCUT2D eigenvalue weighted by Crippen LogP contribution is 2.42. The van der Waals surface area contributed by atoms with Crippen LogP contribution in [0.5, 0.6) is 0 Å². The Balaban J connectivity index is 1.64. The third-order valence-corrected chi connectivity index (χ3v) is 12.6. The second-order valence-electron chi connectivity index (χ2n) is 16.9. The fourth-order valence-corrected chi connectivity index (χ4v) is 7.06. The number of carbonyl (C=O) groups excluding carboxylic acids is 1. The molecule has 1 heterocycles. The van der Waals surface area contributed by atoms with Gasteiger partial charge in [-0.05, 0) is 82.7 Å². The van der Waals surface area contributed by atoms with Crippen LogP contribution in [0, 0.1) is 5.92 Å². The SMILES string of the molecule is CC(C)(C)[S@@+]([O-])N[C@@H](COC(C)(C)C(F)(F)F)c1nc2cc([C@H](NC[C@H](NC(=O)OCc3ccccc3)C(F)(F)F)C3CC3)ccc2n1COCC[Si](C)(C)C. The predicted molar refractivity (Wildman–Crippen MR) is 207 cm³/mol. The standard InChI is InChI=1S/C38H55F6N5O5SSi/c1-35(2,3)55(51)48-29(23-54-36(4,5)38(42,43)44)33-46-28-20-27(16-17-30(28)49(33)24-52-18-19-56(6,7)8)32(26-14-15-26)45-21-31(37(39,40)41)47-34(50)53-22-25-12-10-9-11-13-25/h9-13,16-17,20,26,29,31-32,45,48H,14-15,18-19,21-24H2,1-8H3,(H,47,50)/t29-,31-,32+,55+/m0/s1. The molecule has 0 radical (unpaired) electrons. The van der Waals surface area contributed by atoms with Crippen molar-refractivity contribution in [3.63, 3.8) is 0 Å². The van der Waals surface area contributed by atoms with Gasteiger partial charge in [0.2, 0.25) is 0 Å². The van der Waals surface area contributed by atoms with Gasteiger partial charge in [0.1, 0.15) is 36.0 Å². The summed E-state index contributed by atoms with van der Waals surface area (Å²) in [6.45, 7) is 12.7. The van der Waals surface area contributed by atoms with Crippen molar-refractivity contribution in [1.82, 2.24) is 24.9 Å². The van der Waals surface area contributed by atoms with Gasteiger partial charge in [0.25, 0.3) is 0 Å². The Morgan fingerprint density at radius 3 is 2.25 bits per heavy atom. The molecule has 1 saturated carbocycles. The number of benzene rings is 2. The monoisotopic (exact) mass is 835 g/mol. The fourth-order valence-electron chi connectivity index (χ4n) is 5.52. The zero-order valence-electron chi connectivity index (χ0n) is 33.2. The maximum Gasteiger partial charge on any atom is 0.416 e. The quantitative estimate of drug-likeness (QED) is 0.0475. The van der Waals surface area contributed by atoms with Gasteiger partial charge in [-0.1, -0.05) is 56.0 Å². The van der Waals surface area contributed by atoms with E-state index in [1.54, 1.807) is 73.9 Å². The highest BCUT2D eigenvalue weighted by atomic mass is 32.2. The smallest absolute Gasteiger partial charge is 0.416 e. The lowest BCUT2D eigenvalue weighted by Gasteiger charge is -2.32. The molecular formula is C38H55F6N5O5SSi. The number of alkyl halides is 6. The van der Waals surface area contributed by atoms with E-state index in [9.17, 15) is 35.7 Å². The number of nitrogens with one attached hydrogen (secondary N) is 3. The summed E-state index contributed by atoms with van der Waals surface area (Å²) in [4.78, 5) is 17.2. The van der Waals surface area contributed by atoms with Gasteiger partial charge in [0.15, 0.2) is 5.60 Å². The first-order valence-corrected chi connectivity index (χ1v) is 23.5. The molecule has 3 aromatic rings. The summed E-state index contributed by atoms with van der Waals surface area (Å²) in [5, 5.41) is 4.97. The number of fused-ring (bicyclic) bond motifs is 1. The second kappa shape index (κ2) is 18.4. The fraction of sp³-hybridized carbons (Fsp3) is 0.632. The average molecular weight is 836 g/mol. The van der Waals surface area contributed by atoms with E-state index in [0.29, 0.717) is 28.8 Å². The van der Waals surface area contributed by atoms with Crippen molar-refractivity contribution in [3.8, 4) is 0 Å². The molecule has 1 aliphatic carbocycles. The van der Waals surface area contributed by atoms with Gasteiger partial charge in [0.05, 0.1) is 17.6 Å². The summed E-state index contributed by atoms with van der Waals surface area (Å²) < 4.78 is 118. The normalized spacial score (nSPS) is 16.8. The molecule has 18 heteroatoms. The van der Waals surface area contributed by atoms with Crippen molar-refractivity contribution in [2.75, 3.05) is 19.8 Å². The maximum atomic E-state index is 14.2. The summed E-state index contributed by atoms with van der Waals surface area (Å²) in [7, 11) is -1.48. The zero-order chi connectivity index (χ0) is 41.7. The minimum atomic E-state index is -4.78. The van der Waals surface area contributed by atoms with Crippen LogP contribution in [-0.4, -0.2) is 76.8 Å². The lowest BCUT2D eigenvalue weighted by atomic mass is 10.0. The molecule has 2 aromatic carbocycles. The average Bonchev–Trinajstić information content (AvgIpc) is 3.86. The van der Waals surface area contributed by atoms with E-state index < -0.39 is 79.5 Å². The Morgan fingerprint density at radius 1 is 1.02 bits per heavy atom. The molecule has 56 heavy (non-hydrogen) atoms. The van der Waals surface area contributed by atoms with Gasteiger partial charge in [-0.25, -0.2) is 9.78 Å². The summed E-state index contributed by atoms with van der Waals surface area (Å²) in [5.41, 5.74) is -0.290. The van der Waals surface area contributed by atoms with E-state index in [-0.39, 0.29) is 25.1 Å². The Labute approximate surface area is 329 Å². The number of aromatic nitrogens is 2. The molecule has 0 spiro atoms. The summed E-state index contributed by atoms with van der Waals surface area (Å²) >= 11 is -1.75. The number of ether oxygens (including phenoxy) is 3. The van der Waals surface area contributed by atoms with Gasteiger partial charge in [-0.15, -0.1) is 4.72 Å². The van der Waals surface area contributed by atoms with Crippen LogP contribution in [0.3, 0.4) is 0 Å². The van der Waals surface area contributed by atoms with Crippen molar-refractivity contribution in [1.29, 1.82) is 0 Å². The Hall–Kier alpha value is -2.87. The summed E-state index contributed by atoms with van der Waals surface area (Å²) in [6.07, 6.45) is -9.15. The molecule has 314 valence electrons. The van der Waals surface area contributed by atoms with Crippen LogP contribution in [-0.2, 0) is 38.9 Å². The molecule has 1 fully saturated rings. The Morgan fingerprint density at radius 2 is 1.68 bits per heavy atom. The largest absolute Gasteiger partial charge is 0.598 e. The number of hydrogen-bond donors (Lipinski definition) is 3. The molecular weight excluding hydrogens is 781 g/mol. The van der Waals surface area contributed by atoms with Crippen LogP contribution in [0.2, 0.25) is 25.7 Å². The highest BCUT2D eigenvalue weighted by molar-refractivity contribution is 7.90. The molecule has 4 atom stereocenters. The molecule has 0 bridgehead atoms. The van der Waals surface area contributed by atoms with Gasteiger partial charge in [-0.3, -0.25) is 0 Å².